The Morgan fingerprint density at radius 3 is 2.76 bits per heavy atom. The zero-order chi connectivity index (χ0) is 14.7. The topological polar surface area (TPSA) is 21.3 Å². The standard InChI is InChI=1S/C18H23NOS/c1-3-15(19-16(4-2)18-6-5-11-21-18)13-7-8-17-14(12-13)9-10-20-17/h5-8,11-12,15-16,19H,3-4,9-10H2,1-2H3. The Kier molecular flexibility index (Phi) is 4.61. The van der Waals surface area contributed by atoms with Crippen molar-refractivity contribution in [2.24, 2.45) is 0 Å². The minimum absolute atomic E-state index is 0.406. The minimum atomic E-state index is 0.406. The van der Waals surface area contributed by atoms with Crippen LogP contribution in [0.2, 0.25) is 0 Å². The molecule has 1 aromatic heterocycles. The van der Waals surface area contributed by atoms with Gasteiger partial charge in [-0.05, 0) is 41.5 Å². The van der Waals surface area contributed by atoms with E-state index in [4.69, 9.17) is 4.74 Å². The normalized spacial score (nSPS) is 16.3. The molecule has 1 aromatic carbocycles. The number of fused-ring (bicyclic) bond motifs is 1. The van der Waals surface area contributed by atoms with Crippen molar-refractivity contribution in [3.8, 4) is 5.75 Å². The second-order valence-electron chi connectivity index (χ2n) is 5.57. The highest BCUT2D eigenvalue weighted by atomic mass is 32.1. The molecule has 3 heteroatoms. The summed E-state index contributed by atoms with van der Waals surface area (Å²) in [6.45, 7) is 5.33. The number of thiophene rings is 1. The zero-order valence-electron chi connectivity index (χ0n) is 12.8. The second kappa shape index (κ2) is 6.63. The first kappa shape index (κ1) is 14.6. The van der Waals surface area contributed by atoms with E-state index in [1.54, 1.807) is 0 Å². The molecular formula is C18H23NOS. The van der Waals surface area contributed by atoms with Gasteiger partial charge in [0.25, 0.3) is 0 Å². The summed E-state index contributed by atoms with van der Waals surface area (Å²) in [5.74, 6) is 1.07. The second-order valence-corrected chi connectivity index (χ2v) is 6.55. The number of ether oxygens (including phenoxy) is 1. The fraction of sp³-hybridized carbons (Fsp3) is 0.444. The molecule has 3 rings (SSSR count). The van der Waals surface area contributed by atoms with Gasteiger partial charge in [-0.15, -0.1) is 11.3 Å². The summed E-state index contributed by atoms with van der Waals surface area (Å²) < 4.78 is 5.61. The first-order valence-electron chi connectivity index (χ1n) is 7.86. The molecular weight excluding hydrogens is 278 g/mol. The highest BCUT2D eigenvalue weighted by molar-refractivity contribution is 7.10. The summed E-state index contributed by atoms with van der Waals surface area (Å²) >= 11 is 1.84. The number of nitrogens with one attached hydrogen (secondary N) is 1. The Bertz CT molecular complexity index is 579. The Morgan fingerprint density at radius 1 is 1.19 bits per heavy atom. The highest BCUT2D eigenvalue weighted by Crippen LogP contribution is 2.31. The van der Waals surface area contributed by atoms with Gasteiger partial charge in [-0.1, -0.05) is 32.0 Å². The van der Waals surface area contributed by atoms with Crippen molar-refractivity contribution in [1.29, 1.82) is 0 Å². The van der Waals surface area contributed by atoms with Gasteiger partial charge in [-0.2, -0.15) is 0 Å². The van der Waals surface area contributed by atoms with Gasteiger partial charge < -0.3 is 10.1 Å². The Morgan fingerprint density at radius 2 is 2.05 bits per heavy atom. The third-order valence-electron chi connectivity index (χ3n) is 4.22. The lowest BCUT2D eigenvalue weighted by Crippen LogP contribution is -2.25. The molecule has 2 aromatic rings. The van der Waals surface area contributed by atoms with E-state index in [2.05, 4.69) is 54.9 Å². The predicted molar refractivity (Wildman–Crippen MR) is 89.2 cm³/mol. The van der Waals surface area contributed by atoms with Crippen molar-refractivity contribution in [1.82, 2.24) is 5.32 Å². The van der Waals surface area contributed by atoms with Gasteiger partial charge in [-0.3, -0.25) is 0 Å². The Balaban J connectivity index is 1.78. The molecule has 2 heterocycles. The predicted octanol–water partition coefficient (Wildman–Crippen LogP) is 4.88. The van der Waals surface area contributed by atoms with Gasteiger partial charge >= 0.3 is 0 Å². The minimum Gasteiger partial charge on any atom is -0.493 e. The van der Waals surface area contributed by atoms with E-state index in [1.807, 2.05) is 11.3 Å². The van der Waals surface area contributed by atoms with E-state index in [0.717, 1.165) is 31.6 Å². The first-order chi connectivity index (χ1) is 10.3. The van der Waals surface area contributed by atoms with E-state index in [-0.39, 0.29) is 0 Å². The molecule has 21 heavy (non-hydrogen) atoms. The van der Waals surface area contributed by atoms with Crippen LogP contribution in [0.15, 0.2) is 35.7 Å². The molecule has 0 fully saturated rings. The van der Waals surface area contributed by atoms with Crippen LogP contribution in [0, 0.1) is 0 Å². The number of rotatable bonds is 6. The first-order valence-corrected chi connectivity index (χ1v) is 8.74. The molecule has 2 nitrogen and oxygen atoms in total. The quantitative estimate of drug-likeness (QED) is 0.821. The van der Waals surface area contributed by atoms with Crippen LogP contribution in [0.5, 0.6) is 5.75 Å². The number of hydrogen-bond donors (Lipinski definition) is 1. The summed E-state index contributed by atoms with van der Waals surface area (Å²) in [5, 5.41) is 5.99. The van der Waals surface area contributed by atoms with Crippen LogP contribution < -0.4 is 10.1 Å². The zero-order valence-corrected chi connectivity index (χ0v) is 13.6. The Hall–Kier alpha value is -1.32. The smallest absolute Gasteiger partial charge is 0.122 e. The number of hydrogen-bond acceptors (Lipinski definition) is 3. The van der Waals surface area contributed by atoms with E-state index in [1.165, 1.54) is 16.0 Å². The highest BCUT2D eigenvalue weighted by Gasteiger charge is 2.19. The molecule has 0 radical (unpaired) electrons. The third-order valence-corrected chi connectivity index (χ3v) is 5.21. The van der Waals surface area contributed by atoms with E-state index >= 15 is 0 Å². The van der Waals surface area contributed by atoms with Gasteiger partial charge in [0.05, 0.1) is 6.61 Å². The average molecular weight is 301 g/mol. The van der Waals surface area contributed by atoms with E-state index in [9.17, 15) is 0 Å². The molecule has 0 amide bonds. The van der Waals surface area contributed by atoms with Crippen molar-refractivity contribution >= 4 is 11.3 Å². The van der Waals surface area contributed by atoms with E-state index in [0.29, 0.717) is 12.1 Å². The van der Waals surface area contributed by atoms with Crippen LogP contribution in [-0.2, 0) is 6.42 Å². The summed E-state index contributed by atoms with van der Waals surface area (Å²) in [6.07, 6.45) is 3.26. The molecule has 0 spiro atoms. The molecule has 2 unspecified atom stereocenters. The largest absolute Gasteiger partial charge is 0.493 e. The van der Waals surface area contributed by atoms with Crippen LogP contribution in [0.1, 0.15) is 54.8 Å². The van der Waals surface area contributed by atoms with Gasteiger partial charge in [0, 0.05) is 23.4 Å². The van der Waals surface area contributed by atoms with Crippen LogP contribution in [0.4, 0.5) is 0 Å². The van der Waals surface area contributed by atoms with Crippen molar-refractivity contribution in [3.63, 3.8) is 0 Å². The maximum absolute atomic E-state index is 5.61. The molecule has 112 valence electrons. The molecule has 0 bridgehead atoms. The summed E-state index contributed by atoms with van der Waals surface area (Å²) in [4.78, 5) is 1.43. The van der Waals surface area contributed by atoms with Crippen molar-refractivity contribution in [2.45, 2.75) is 45.2 Å². The summed E-state index contributed by atoms with van der Waals surface area (Å²) in [7, 11) is 0. The lowest BCUT2D eigenvalue weighted by Gasteiger charge is -2.24. The van der Waals surface area contributed by atoms with Gasteiger partial charge in [0.2, 0.25) is 0 Å². The van der Waals surface area contributed by atoms with Crippen molar-refractivity contribution < 1.29 is 4.74 Å². The molecule has 1 aliphatic rings. The summed E-state index contributed by atoms with van der Waals surface area (Å²) in [5.41, 5.74) is 2.74. The van der Waals surface area contributed by atoms with Gasteiger partial charge in [0.1, 0.15) is 5.75 Å². The fourth-order valence-corrected chi connectivity index (χ4v) is 3.88. The molecule has 0 saturated carbocycles. The monoisotopic (exact) mass is 301 g/mol. The number of benzene rings is 1. The lowest BCUT2D eigenvalue weighted by molar-refractivity contribution is 0.356. The van der Waals surface area contributed by atoms with Crippen LogP contribution in [0.25, 0.3) is 0 Å². The average Bonchev–Trinajstić information content (AvgIpc) is 3.19. The lowest BCUT2D eigenvalue weighted by atomic mass is 9.99. The fourth-order valence-electron chi connectivity index (χ4n) is 3.01. The molecule has 2 atom stereocenters. The maximum Gasteiger partial charge on any atom is 0.122 e. The van der Waals surface area contributed by atoms with Crippen molar-refractivity contribution in [3.05, 3.63) is 51.7 Å². The van der Waals surface area contributed by atoms with Crippen LogP contribution in [0.3, 0.4) is 0 Å². The Labute approximate surface area is 131 Å². The van der Waals surface area contributed by atoms with Crippen LogP contribution >= 0.6 is 11.3 Å². The van der Waals surface area contributed by atoms with E-state index < -0.39 is 0 Å². The van der Waals surface area contributed by atoms with Gasteiger partial charge in [0.15, 0.2) is 0 Å². The molecule has 0 saturated heterocycles. The van der Waals surface area contributed by atoms with Crippen LogP contribution in [-0.4, -0.2) is 6.61 Å². The molecule has 0 aliphatic carbocycles. The van der Waals surface area contributed by atoms with Gasteiger partial charge in [-0.25, -0.2) is 0 Å². The molecule has 1 N–H and O–H groups in total. The maximum atomic E-state index is 5.61. The van der Waals surface area contributed by atoms with Crippen molar-refractivity contribution in [2.75, 3.05) is 6.61 Å². The summed E-state index contributed by atoms with van der Waals surface area (Å²) in [6, 6.07) is 11.9. The molecule has 1 aliphatic heterocycles. The SMILES string of the molecule is CCC(NC(CC)c1cccs1)c1ccc2c(c1)CCO2. The third kappa shape index (κ3) is 3.14.